The molecule has 3 rings (SSSR count). The molecule has 0 radical (unpaired) electrons. The van der Waals surface area contributed by atoms with Crippen LogP contribution in [0.25, 0.3) is 5.69 Å². The number of carbonyl (C=O) groups excluding carboxylic acids is 1. The first-order valence-corrected chi connectivity index (χ1v) is 7.74. The summed E-state index contributed by atoms with van der Waals surface area (Å²) in [5.41, 5.74) is 2.17. The molecule has 0 aliphatic rings. The van der Waals surface area contributed by atoms with E-state index in [9.17, 15) is 14.9 Å². The van der Waals surface area contributed by atoms with Crippen LogP contribution in [0.2, 0.25) is 0 Å². The minimum atomic E-state index is -0.482. The van der Waals surface area contributed by atoms with Crippen LogP contribution in [-0.2, 0) is 0 Å². The van der Waals surface area contributed by atoms with Gasteiger partial charge in [0.2, 0.25) is 0 Å². The van der Waals surface area contributed by atoms with Gasteiger partial charge in [0.1, 0.15) is 5.75 Å². The summed E-state index contributed by atoms with van der Waals surface area (Å²) < 4.78 is 6.68. The number of benzene rings is 2. The molecule has 0 fully saturated rings. The standard InChI is InChI=1S/C18H16N4O4/c1-12-6-7-15(17(10-12)26-2)19-18(23)16-8-9-21(20-16)13-4-3-5-14(11-13)22(24)25/h3-11H,1-2H3,(H,19,23). The first kappa shape index (κ1) is 17.2. The van der Waals surface area contributed by atoms with Gasteiger partial charge in [0.25, 0.3) is 11.6 Å². The van der Waals surface area contributed by atoms with Gasteiger partial charge in [-0.25, -0.2) is 4.68 Å². The van der Waals surface area contributed by atoms with Gasteiger partial charge in [-0.05, 0) is 36.8 Å². The molecular weight excluding hydrogens is 336 g/mol. The smallest absolute Gasteiger partial charge is 0.276 e. The van der Waals surface area contributed by atoms with Crippen molar-refractivity contribution in [2.24, 2.45) is 0 Å². The predicted molar refractivity (Wildman–Crippen MR) is 95.9 cm³/mol. The van der Waals surface area contributed by atoms with Crippen molar-refractivity contribution < 1.29 is 14.5 Å². The Balaban J connectivity index is 1.83. The number of aryl methyl sites for hydroxylation is 1. The molecule has 0 saturated carbocycles. The zero-order valence-electron chi connectivity index (χ0n) is 14.2. The third-order valence-corrected chi connectivity index (χ3v) is 3.73. The summed E-state index contributed by atoms with van der Waals surface area (Å²) >= 11 is 0. The highest BCUT2D eigenvalue weighted by atomic mass is 16.6. The highest BCUT2D eigenvalue weighted by Crippen LogP contribution is 2.25. The molecule has 8 nitrogen and oxygen atoms in total. The average Bonchev–Trinajstić information content (AvgIpc) is 3.13. The maximum atomic E-state index is 12.4. The zero-order chi connectivity index (χ0) is 18.7. The van der Waals surface area contributed by atoms with Crippen LogP contribution in [-0.4, -0.2) is 27.7 Å². The van der Waals surface area contributed by atoms with Crippen molar-refractivity contribution >= 4 is 17.3 Å². The van der Waals surface area contributed by atoms with Crippen LogP contribution in [0.5, 0.6) is 5.75 Å². The minimum Gasteiger partial charge on any atom is -0.495 e. The second kappa shape index (κ2) is 7.06. The van der Waals surface area contributed by atoms with Gasteiger partial charge in [0.15, 0.2) is 5.69 Å². The fourth-order valence-electron chi connectivity index (χ4n) is 2.43. The summed E-state index contributed by atoms with van der Waals surface area (Å²) in [6, 6.07) is 13.0. The summed E-state index contributed by atoms with van der Waals surface area (Å²) in [5, 5.41) is 17.8. The maximum absolute atomic E-state index is 12.4. The number of non-ortho nitro benzene ring substituents is 1. The lowest BCUT2D eigenvalue weighted by atomic mass is 10.2. The molecular formula is C18H16N4O4. The van der Waals surface area contributed by atoms with Gasteiger partial charge in [0, 0.05) is 18.3 Å². The van der Waals surface area contributed by atoms with Crippen LogP contribution in [0.1, 0.15) is 16.1 Å². The molecule has 1 N–H and O–H groups in total. The Kier molecular flexibility index (Phi) is 4.66. The Morgan fingerprint density at radius 1 is 1.23 bits per heavy atom. The lowest BCUT2D eigenvalue weighted by molar-refractivity contribution is -0.384. The van der Waals surface area contributed by atoms with E-state index in [-0.39, 0.29) is 11.4 Å². The lowest BCUT2D eigenvalue weighted by Gasteiger charge is -2.10. The number of methoxy groups -OCH3 is 1. The summed E-state index contributed by atoms with van der Waals surface area (Å²) in [6.07, 6.45) is 1.57. The van der Waals surface area contributed by atoms with Crippen molar-refractivity contribution in [3.05, 3.63) is 76.1 Å². The molecule has 0 unspecified atom stereocenters. The van der Waals surface area contributed by atoms with E-state index in [4.69, 9.17) is 4.74 Å². The van der Waals surface area contributed by atoms with Gasteiger partial charge >= 0.3 is 0 Å². The van der Waals surface area contributed by atoms with Gasteiger partial charge < -0.3 is 10.1 Å². The van der Waals surface area contributed by atoms with E-state index in [1.165, 1.54) is 30.0 Å². The molecule has 0 saturated heterocycles. The Bertz CT molecular complexity index is 981. The van der Waals surface area contributed by atoms with E-state index in [1.54, 1.807) is 24.4 Å². The molecule has 1 amide bonds. The van der Waals surface area contributed by atoms with Crippen LogP contribution >= 0.6 is 0 Å². The molecule has 8 heteroatoms. The van der Waals surface area contributed by atoms with E-state index < -0.39 is 10.8 Å². The fourth-order valence-corrected chi connectivity index (χ4v) is 2.43. The van der Waals surface area contributed by atoms with Crippen LogP contribution in [0, 0.1) is 17.0 Å². The topological polar surface area (TPSA) is 99.3 Å². The van der Waals surface area contributed by atoms with Crippen molar-refractivity contribution in [1.29, 1.82) is 0 Å². The number of aromatic nitrogens is 2. The molecule has 26 heavy (non-hydrogen) atoms. The van der Waals surface area contributed by atoms with Crippen molar-refractivity contribution in [1.82, 2.24) is 9.78 Å². The SMILES string of the molecule is COc1cc(C)ccc1NC(=O)c1ccn(-c2cccc([N+](=O)[O-])c2)n1. The summed E-state index contributed by atoms with van der Waals surface area (Å²) in [5.74, 6) is 0.146. The van der Waals surface area contributed by atoms with Crippen molar-refractivity contribution in [2.45, 2.75) is 6.92 Å². The Morgan fingerprint density at radius 2 is 2.04 bits per heavy atom. The van der Waals surface area contributed by atoms with E-state index in [0.717, 1.165) is 5.56 Å². The number of carbonyl (C=O) groups is 1. The fraction of sp³-hybridized carbons (Fsp3) is 0.111. The quantitative estimate of drug-likeness (QED) is 0.561. The molecule has 0 atom stereocenters. The third kappa shape index (κ3) is 3.54. The Hall–Kier alpha value is -3.68. The molecule has 1 aromatic heterocycles. The van der Waals surface area contributed by atoms with Crippen molar-refractivity contribution in [2.75, 3.05) is 12.4 Å². The second-order valence-corrected chi connectivity index (χ2v) is 5.58. The molecule has 1 heterocycles. The van der Waals surface area contributed by atoms with Gasteiger partial charge in [-0.2, -0.15) is 5.10 Å². The van der Waals surface area contributed by atoms with Crippen LogP contribution in [0.15, 0.2) is 54.7 Å². The second-order valence-electron chi connectivity index (χ2n) is 5.58. The monoisotopic (exact) mass is 352 g/mol. The average molecular weight is 352 g/mol. The largest absolute Gasteiger partial charge is 0.495 e. The Labute approximate surface area is 149 Å². The summed E-state index contributed by atoms with van der Waals surface area (Å²) in [6.45, 7) is 1.93. The number of amides is 1. The van der Waals surface area contributed by atoms with Gasteiger partial charge in [-0.15, -0.1) is 0 Å². The number of nitrogens with zero attached hydrogens (tertiary/aromatic N) is 3. The highest BCUT2D eigenvalue weighted by molar-refractivity contribution is 6.03. The molecule has 0 spiro atoms. The van der Waals surface area contributed by atoms with Crippen molar-refractivity contribution in [3.8, 4) is 11.4 Å². The lowest BCUT2D eigenvalue weighted by Crippen LogP contribution is -2.14. The number of rotatable bonds is 5. The van der Waals surface area contributed by atoms with Crippen molar-refractivity contribution in [3.63, 3.8) is 0 Å². The number of hydrogen-bond acceptors (Lipinski definition) is 5. The first-order valence-electron chi connectivity index (χ1n) is 7.74. The summed E-state index contributed by atoms with van der Waals surface area (Å²) in [4.78, 5) is 22.8. The van der Waals surface area contributed by atoms with Gasteiger partial charge in [-0.3, -0.25) is 14.9 Å². The van der Waals surface area contributed by atoms with E-state index in [1.807, 2.05) is 19.1 Å². The molecule has 0 bridgehead atoms. The minimum absolute atomic E-state index is 0.0478. The highest BCUT2D eigenvalue weighted by Gasteiger charge is 2.14. The molecule has 2 aromatic carbocycles. The number of ether oxygens (including phenoxy) is 1. The van der Waals surface area contributed by atoms with E-state index in [0.29, 0.717) is 17.1 Å². The maximum Gasteiger partial charge on any atom is 0.276 e. The van der Waals surface area contributed by atoms with Crippen LogP contribution in [0.3, 0.4) is 0 Å². The Morgan fingerprint density at radius 3 is 2.77 bits per heavy atom. The number of nitro benzene ring substituents is 1. The van der Waals surface area contributed by atoms with Crippen LogP contribution in [0.4, 0.5) is 11.4 Å². The number of nitro groups is 1. The number of anilines is 1. The molecule has 3 aromatic rings. The normalized spacial score (nSPS) is 10.4. The van der Waals surface area contributed by atoms with E-state index >= 15 is 0 Å². The van der Waals surface area contributed by atoms with Gasteiger partial charge in [0.05, 0.1) is 23.4 Å². The number of nitrogens with one attached hydrogen (secondary N) is 1. The van der Waals surface area contributed by atoms with Crippen LogP contribution < -0.4 is 10.1 Å². The third-order valence-electron chi connectivity index (χ3n) is 3.73. The molecule has 0 aliphatic heterocycles. The number of hydrogen-bond donors (Lipinski definition) is 1. The molecule has 0 aliphatic carbocycles. The zero-order valence-corrected chi connectivity index (χ0v) is 14.2. The first-order chi connectivity index (χ1) is 12.5. The molecule has 132 valence electrons. The summed E-state index contributed by atoms with van der Waals surface area (Å²) in [7, 11) is 1.53. The van der Waals surface area contributed by atoms with E-state index in [2.05, 4.69) is 10.4 Å². The predicted octanol–water partition coefficient (Wildman–Crippen LogP) is 3.35. The van der Waals surface area contributed by atoms with Gasteiger partial charge in [-0.1, -0.05) is 12.1 Å².